The zero-order chi connectivity index (χ0) is 6.81. The van der Waals surface area contributed by atoms with Crippen LogP contribution in [0.25, 0.3) is 0 Å². The van der Waals surface area contributed by atoms with E-state index in [1.807, 2.05) is 0 Å². The number of rotatable bonds is 0. The first-order valence-electron chi connectivity index (χ1n) is 4.02. The van der Waals surface area contributed by atoms with Crippen LogP contribution in [0.15, 0.2) is 23.4 Å². The van der Waals surface area contributed by atoms with Gasteiger partial charge in [-0.25, -0.2) is 0 Å². The molecular formula is C9H12N. The summed E-state index contributed by atoms with van der Waals surface area (Å²) in [6.45, 7) is 1.01. The van der Waals surface area contributed by atoms with Crippen LogP contribution in [0.1, 0.15) is 25.7 Å². The Kier molecular flexibility index (Phi) is 1.50. The molecule has 0 amide bonds. The summed E-state index contributed by atoms with van der Waals surface area (Å²) in [4.78, 5) is 0. The summed E-state index contributed by atoms with van der Waals surface area (Å²) < 4.78 is 0. The average molecular weight is 134 g/mol. The molecule has 1 radical (unpaired) electrons. The van der Waals surface area contributed by atoms with Gasteiger partial charge < -0.3 is 0 Å². The summed E-state index contributed by atoms with van der Waals surface area (Å²) in [7, 11) is 0. The number of hydrogen-bond donors (Lipinski definition) is 0. The van der Waals surface area contributed by atoms with E-state index < -0.39 is 0 Å². The second-order valence-electron chi connectivity index (χ2n) is 2.93. The van der Waals surface area contributed by atoms with E-state index in [0.717, 1.165) is 6.54 Å². The zero-order valence-electron chi connectivity index (χ0n) is 6.14. The van der Waals surface area contributed by atoms with Crippen molar-refractivity contribution in [2.24, 2.45) is 0 Å². The van der Waals surface area contributed by atoms with Crippen molar-refractivity contribution < 1.29 is 0 Å². The second kappa shape index (κ2) is 2.49. The van der Waals surface area contributed by atoms with Crippen LogP contribution >= 0.6 is 0 Å². The van der Waals surface area contributed by atoms with Crippen molar-refractivity contribution >= 4 is 0 Å². The molecule has 1 aliphatic carbocycles. The molecule has 0 aromatic rings. The highest BCUT2D eigenvalue weighted by Crippen LogP contribution is 2.27. The summed E-state index contributed by atoms with van der Waals surface area (Å²) in [6.07, 6.45) is 9.50. The highest BCUT2D eigenvalue weighted by Gasteiger charge is 2.12. The number of fused-ring (bicyclic) bond motifs is 1. The summed E-state index contributed by atoms with van der Waals surface area (Å²) in [5, 5.41) is 4.26. The van der Waals surface area contributed by atoms with E-state index in [9.17, 15) is 0 Å². The Balaban J connectivity index is 2.25. The first kappa shape index (κ1) is 6.02. The molecule has 0 bridgehead atoms. The average Bonchev–Trinajstić information content (AvgIpc) is 2.05. The van der Waals surface area contributed by atoms with E-state index in [2.05, 4.69) is 17.6 Å². The van der Waals surface area contributed by atoms with Gasteiger partial charge in [-0.1, -0.05) is 6.08 Å². The van der Waals surface area contributed by atoms with Crippen LogP contribution in [0.4, 0.5) is 0 Å². The second-order valence-corrected chi connectivity index (χ2v) is 2.93. The number of hydrogen-bond acceptors (Lipinski definition) is 0. The maximum atomic E-state index is 4.26. The Morgan fingerprint density at radius 1 is 1.20 bits per heavy atom. The topological polar surface area (TPSA) is 14.1 Å². The Labute approximate surface area is 61.8 Å². The Hall–Kier alpha value is -0.720. The van der Waals surface area contributed by atoms with Gasteiger partial charge in [0.1, 0.15) is 0 Å². The lowest BCUT2D eigenvalue weighted by atomic mass is 9.91. The normalized spacial score (nSPS) is 24.0. The maximum Gasteiger partial charge on any atom is 0.0429 e. The molecular weight excluding hydrogens is 122 g/mol. The van der Waals surface area contributed by atoms with Gasteiger partial charge >= 0.3 is 0 Å². The predicted molar refractivity (Wildman–Crippen MR) is 41.6 cm³/mol. The molecule has 2 rings (SSSR count). The van der Waals surface area contributed by atoms with Crippen LogP contribution in [-0.2, 0) is 0 Å². The van der Waals surface area contributed by atoms with Gasteiger partial charge in [0.05, 0.1) is 0 Å². The van der Waals surface area contributed by atoms with Gasteiger partial charge in [0.25, 0.3) is 0 Å². The van der Waals surface area contributed by atoms with Crippen LogP contribution in [0.2, 0.25) is 0 Å². The highest BCUT2D eigenvalue weighted by atomic mass is 14.8. The molecule has 53 valence electrons. The summed E-state index contributed by atoms with van der Waals surface area (Å²) >= 11 is 0. The smallest absolute Gasteiger partial charge is 0.0429 e. The van der Waals surface area contributed by atoms with E-state index in [4.69, 9.17) is 0 Å². The van der Waals surface area contributed by atoms with E-state index in [-0.39, 0.29) is 0 Å². The van der Waals surface area contributed by atoms with E-state index in [1.54, 1.807) is 5.57 Å². The van der Waals surface area contributed by atoms with E-state index in [0.29, 0.717) is 0 Å². The van der Waals surface area contributed by atoms with Crippen molar-refractivity contribution in [1.82, 2.24) is 5.32 Å². The molecule has 0 unspecified atom stereocenters. The molecule has 0 fully saturated rings. The third kappa shape index (κ3) is 0.962. The minimum absolute atomic E-state index is 1.01. The third-order valence-corrected chi connectivity index (χ3v) is 2.21. The molecule has 0 saturated heterocycles. The van der Waals surface area contributed by atoms with Gasteiger partial charge in [-0.3, -0.25) is 5.32 Å². The van der Waals surface area contributed by atoms with Crippen molar-refractivity contribution in [1.29, 1.82) is 0 Å². The molecule has 0 saturated carbocycles. The molecule has 1 heteroatoms. The van der Waals surface area contributed by atoms with Crippen molar-refractivity contribution in [2.75, 3.05) is 6.54 Å². The largest absolute Gasteiger partial charge is 0.293 e. The molecule has 0 spiro atoms. The van der Waals surface area contributed by atoms with Gasteiger partial charge in [-0.15, -0.1) is 0 Å². The SMILES string of the molecule is C1=C2CCCC=C2CC[N]1. The van der Waals surface area contributed by atoms with Crippen LogP contribution in [-0.4, -0.2) is 6.54 Å². The molecule has 0 atom stereocenters. The lowest BCUT2D eigenvalue weighted by Crippen LogP contribution is -2.11. The Bertz CT molecular complexity index is 167. The van der Waals surface area contributed by atoms with Gasteiger partial charge in [0.15, 0.2) is 0 Å². The third-order valence-electron chi connectivity index (χ3n) is 2.21. The monoisotopic (exact) mass is 134 g/mol. The molecule has 10 heavy (non-hydrogen) atoms. The highest BCUT2D eigenvalue weighted by molar-refractivity contribution is 5.34. The van der Waals surface area contributed by atoms with Gasteiger partial charge in [-0.2, -0.15) is 0 Å². The maximum absolute atomic E-state index is 4.26. The fourth-order valence-corrected chi connectivity index (χ4v) is 1.63. The van der Waals surface area contributed by atoms with Crippen LogP contribution < -0.4 is 5.32 Å². The minimum atomic E-state index is 1.01. The molecule has 1 heterocycles. The molecule has 2 aliphatic rings. The van der Waals surface area contributed by atoms with Crippen LogP contribution in [0.3, 0.4) is 0 Å². The molecule has 0 aromatic heterocycles. The Morgan fingerprint density at radius 3 is 3.10 bits per heavy atom. The van der Waals surface area contributed by atoms with Crippen molar-refractivity contribution in [3.63, 3.8) is 0 Å². The first-order chi connectivity index (χ1) is 4.97. The number of nitrogens with zero attached hydrogens (tertiary/aromatic N) is 1. The Morgan fingerprint density at radius 2 is 2.20 bits per heavy atom. The molecule has 0 aromatic carbocycles. The zero-order valence-corrected chi connectivity index (χ0v) is 6.14. The minimum Gasteiger partial charge on any atom is -0.293 e. The van der Waals surface area contributed by atoms with Crippen molar-refractivity contribution in [3.05, 3.63) is 23.4 Å². The van der Waals surface area contributed by atoms with Gasteiger partial charge in [-0.05, 0) is 36.8 Å². The van der Waals surface area contributed by atoms with E-state index in [1.165, 1.54) is 31.3 Å². The predicted octanol–water partition coefficient (Wildman–Crippen LogP) is 1.99. The lowest BCUT2D eigenvalue weighted by Gasteiger charge is -2.20. The quantitative estimate of drug-likeness (QED) is 0.481. The van der Waals surface area contributed by atoms with Crippen molar-refractivity contribution in [3.8, 4) is 0 Å². The lowest BCUT2D eigenvalue weighted by molar-refractivity contribution is 0.703. The molecule has 1 nitrogen and oxygen atoms in total. The fraction of sp³-hybridized carbons (Fsp3) is 0.556. The van der Waals surface area contributed by atoms with Crippen LogP contribution in [0.5, 0.6) is 0 Å². The standard InChI is InChI=1S/C9H12N/c1-2-4-9-7-10-6-5-8(9)3-1/h3,7H,1-2,4-6H2. The number of allylic oxidation sites excluding steroid dienone is 2. The summed E-state index contributed by atoms with van der Waals surface area (Å²) in [5.41, 5.74) is 3.07. The van der Waals surface area contributed by atoms with Crippen LogP contribution in [0, 0.1) is 0 Å². The summed E-state index contributed by atoms with van der Waals surface area (Å²) in [5.74, 6) is 0. The first-order valence-corrected chi connectivity index (χ1v) is 4.02. The van der Waals surface area contributed by atoms with Crippen molar-refractivity contribution in [2.45, 2.75) is 25.7 Å². The van der Waals surface area contributed by atoms with Gasteiger partial charge in [0.2, 0.25) is 0 Å². The fourth-order valence-electron chi connectivity index (χ4n) is 1.63. The molecule has 1 aliphatic heterocycles. The van der Waals surface area contributed by atoms with Gasteiger partial charge in [0, 0.05) is 12.7 Å². The molecule has 0 N–H and O–H groups in total. The van der Waals surface area contributed by atoms with E-state index >= 15 is 0 Å². The summed E-state index contributed by atoms with van der Waals surface area (Å²) in [6, 6.07) is 0.